The van der Waals surface area contributed by atoms with Crippen molar-refractivity contribution in [1.82, 2.24) is 10.6 Å². The fourth-order valence-electron chi connectivity index (χ4n) is 3.46. The lowest BCUT2D eigenvalue weighted by Crippen LogP contribution is -2.39. The Morgan fingerprint density at radius 2 is 1.84 bits per heavy atom. The number of ether oxygens (including phenoxy) is 3. The van der Waals surface area contributed by atoms with Crippen LogP contribution in [0.2, 0.25) is 0 Å². The van der Waals surface area contributed by atoms with E-state index < -0.39 is 0 Å². The summed E-state index contributed by atoms with van der Waals surface area (Å²) in [6, 6.07) is 7.99. The predicted molar refractivity (Wildman–Crippen MR) is 128 cm³/mol. The average Bonchev–Trinajstić information content (AvgIpc) is 2.78. The molecular weight excluding hydrogens is 408 g/mol. The number of nitrogens with one attached hydrogen (secondary N) is 3. The molecule has 0 aliphatic heterocycles. The van der Waals surface area contributed by atoms with Crippen molar-refractivity contribution in [1.29, 1.82) is 0 Å². The summed E-state index contributed by atoms with van der Waals surface area (Å²) in [5, 5.41) is 9.66. The zero-order chi connectivity index (χ0) is 23.0. The van der Waals surface area contributed by atoms with Gasteiger partial charge in [-0.25, -0.2) is 4.99 Å². The van der Waals surface area contributed by atoms with Crippen LogP contribution in [-0.2, 0) is 14.3 Å². The maximum atomic E-state index is 12.4. The number of hydrogen-bond acceptors (Lipinski definition) is 5. The van der Waals surface area contributed by atoms with Gasteiger partial charge in [0.2, 0.25) is 5.91 Å². The fraction of sp³-hybridized carbons (Fsp3) is 0.667. The molecule has 1 aromatic carbocycles. The van der Waals surface area contributed by atoms with E-state index in [1.54, 1.807) is 7.11 Å². The lowest BCUT2D eigenvalue weighted by Gasteiger charge is -2.22. The monoisotopic (exact) mass is 448 g/mol. The van der Waals surface area contributed by atoms with Crippen molar-refractivity contribution >= 4 is 17.6 Å². The minimum atomic E-state index is -0.0402. The molecule has 1 aliphatic carbocycles. The third-order valence-electron chi connectivity index (χ3n) is 5.03. The number of aliphatic imine (C=N–C) groups is 1. The first-order valence-electron chi connectivity index (χ1n) is 11.7. The van der Waals surface area contributed by atoms with Crippen LogP contribution in [0.5, 0.6) is 5.75 Å². The molecule has 0 spiro atoms. The van der Waals surface area contributed by atoms with Gasteiger partial charge >= 0.3 is 0 Å². The SMILES string of the molecule is COCCOCCCNC(=NCC(=O)NC1CCCCC1)Nc1ccc(OC(C)C)cc1. The molecule has 0 aromatic heterocycles. The third-order valence-corrected chi connectivity index (χ3v) is 5.03. The smallest absolute Gasteiger partial charge is 0.242 e. The molecule has 1 amide bonds. The Hall–Kier alpha value is -2.32. The van der Waals surface area contributed by atoms with Crippen LogP contribution in [0.25, 0.3) is 0 Å². The molecular formula is C24H40N4O4. The van der Waals surface area contributed by atoms with Crippen LogP contribution >= 0.6 is 0 Å². The van der Waals surface area contributed by atoms with E-state index in [1.165, 1.54) is 19.3 Å². The van der Waals surface area contributed by atoms with Crippen LogP contribution in [0.15, 0.2) is 29.3 Å². The largest absolute Gasteiger partial charge is 0.491 e. The predicted octanol–water partition coefficient (Wildman–Crippen LogP) is 3.33. The van der Waals surface area contributed by atoms with Crippen molar-refractivity contribution in [2.75, 3.05) is 45.3 Å². The van der Waals surface area contributed by atoms with E-state index >= 15 is 0 Å². The molecule has 0 atom stereocenters. The molecule has 32 heavy (non-hydrogen) atoms. The Balaban J connectivity index is 1.87. The highest BCUT2D eigenvalue weighted by Crippen LogP contribution is 2.18. The molecule has 0 heterocycles. The number of benzene rings is 1. The van der Waals surface area contributed by atoms with Crippen molar-refractivity contribution in [2.24, 2.45) is 4.99 Å². The van der Waals surface area contributed by atoms with Gasteiger partial charge < -0.3 is 30.2 Å². The molecule has 8 heteroatoms. The normalized spacial score (nSPS) is 14.9. The van der Waals surface area contributed by atoms with E-state index in [2.05, 4.69) is 20.9 Å². The molecule has 2 rings (SSSR count). The third kappa shape index (κ3) is 11.3. The van der Waals surface area contributed by atoms with Gasteiger partial charge in [-0.15, -0.1) is 0 Å². The molecule has 0 saturated heterocycles. The zero-order valence-electron chi connectivity index (χ0n) is 19.8. The first-order chi connectivity index (χ1) is 15.6. The average molecular weight is 449 g/mol. The summed E-state index contributed by atoms with van der Waals surface area (Å²) >= 11 is 0. The maximum Gasteiger partial charge on any atom is 0.242 e. The van der Waals surface area contributed by atoms with E-state index in [0.717, 1.165) is 30.7 Å². The number of hydrogen-bond donors (Lipinski definition) is 3. The summed E-state index contributed by atoms with van der Waals surface area (Å²) in [7, 11) is 1.66. The Morgan fingerprint density at radius 3 is 2.53 bits per heavy atom. The van der Waals surface area contributed by atoms with Crippen LogP contribution in [0.4, 0.5) is 5.69 Å². The van der Waals surface area contributed by atoms with Crippen molar-refractivity contribution in [2.45, 2.75) is 64.5 Å². The Kier molecular flexibility index (Phi) is 12.5. The Bertz CT molecular complexity index is 673. The van der Waals surface area contributed by atoms with Gasteiger partial charge in [0.15, 0.2) is 5.96 Å². The second kappa shape index (κ2) is 15.5. The minimum absolute atomic E-state index is 0.0402. The second-order valence-corrected chi connectivity index (χ2v) is 8.27. The second-order valence-electron chi connectivity index (χ2n) is 8.27. The van der Waals surface area contributed by atoms with Gasteiger partial charge in [-0.2, -0.15) is 0 Å². The standard InChI is InChI=1S/C24H40N4O4/c1-19(2)32-22-12-10-21(11-13-22)28-24(25-14-7-15-31-17-16-30-3)26-18-23(29)27-20-8-5-4-6-9-20/h10-13,19-20H,4-9,14-18H2,1-3H3,(H,27,29)(H2,25,26,28). The van der Waals surface area contributed by atoms with E-state index in [-0.39, 0.29) is 24.6 Å². The molecule has 1 saturated carbocycles. The summed E-state index contributed by atoms with van der Waals surface area (Å²) in [5.41, 5.74) is 0.872. The van der Waals surface area contributed by atoms with Crippen LogP contribution in [0, 0.1) is 0 Å². The maximum absolute atomic E-state index is 12.4. The van der Waals surface area contributed by atoms with E-state index in [1.807, 2.05) is 38.1 Å². The molecule has 3 N–H and O–H groups in total. The number of carbonyl (C=O) groups excluding carboxylic acids is 1. The topological polar surface area (TPSA) is 93.2 Å². The van der Waals surface area contributed by atoms with Crippen molar-refractivity contribution < 1.29 is 19.0 Å². The van der Waals surface area contributed by atoms with Crippen LogP contribution in [-0.4, -0.2) is 64.0 Å². The number of carbonyl (C=O) groups is 1. The van der Waals surface area contributed by atoms with Crippen molar-refractivity contribution in [3.8, 4) is 5.75 Å². The number of guanidine groups is 1. The number of rotatable bonds is 13. The van der Waals surface area contributed by atoms with Crippen molar-refractivity contribution in [3.63, 3.8) is 0 Å². The number of methoxy groups -OCH3 is 1. The Labute approximate surface area is 192 Å². The summed E-state index contributed by atoms with van der Waals surface area (Å²) in [5.74, 6) is 1.34. The molecule has 180 valence electrons. The summed E-state index contributed by atoms with van der Waals surface area (Å²) < 4.78 is 16.2. The zero-order valence-corrected chi connectivity index (χ0v) is 19.8. The van der Waals surface area contributed by atoms with Gasteiger partial charge in [0.05, 0.1) is 19.3 Å². The van der Waals surface area contributed by atoms with Gasteiger partial charge in [-0.3, -0.25) is 4.79 Å². The van der Waals surface area contributed by atoms with Crippen molar-refractivity contribution in [3.05, 3.63) is 24.3 Å². The summed E-state index contributed by atoms with van der Waals surface area (Å²) in [6.07, 6.45) is 6.70. The van der Waals surface area contributed by atoms with Gasteiger partial charge in [0, 0.05) is 32.0 Å². The van der Waals surface area contributed by atoms with Crippen LogP contribution in [0.1, 0.15) is 52.4 Å². The minimum Gasteiger partial charge on any atom is -0.491 e. The highest BCUT2D eigenvalue weighted by molar-refractivity contribution is 5.95. The van der Waals surface area contributed by atoms with E-state index in [0.29, 0.717) is 32.3 Å². The first kappa shape index (κ1) is 25.9. The van der Waals surface area contributed by atoms with Crippen LogP contribution in [0.3, 0.4) is 0 Å². The van der Waals surface area contributed by atoms with Gasteiger partial charge in [-0.1, -0.05) is 19.3 Å². The molecule has 1 fully saturated rings. The summed E-state index contributed by atoms with van der Waals surface area (Å²) in [6.45, 7) is 6.57. The Morgan fingerprint density at radius 1 is 1.09 bits per heavy atom. The quantitative estimate of drug-likeness (QED) is 0.243. The molecule has 0 bridgehead atoms. The van der Waals surface area contributed by atoms with Gasteiger partial charge in [-0.05, 0) is 57.4 Å². The van der Waals surface area contributed by atoms with E-state index in [9.17, 15) is 4.79 Å². The molecule has 1 aliphatic rings. The van der Waals surface area contributed by atoms with E-state index in [4.69, 9.17) is 14.2 Å². The number of amides is 1. The number of anilines is 1. The fourth-order valence-corrected chi connectivity index (χ4v) is 3.46. The molecule has 1 aromatic rings. The lowest BCUT2D eigenvalue weighted by molar-refractivity contribution is -0.120. The highest BCUT2D eigenvalue weighted by atomic mass is 16.5. The number of nitrogens with zero attached hydrogens (tertiary/aromatic N) is 1. The molecule has 0 radical (unpaired) electrons. The lowest BCUT2D eigenvalue weighted by atomic mass is 9.95. The van der Waals surface area contributed by atoms with Crippen LogP contribution < -0.4 is 20.7 Å². The van der Waals surface area contributed by atoms with Gasteiger partial charge in [0.25, 0.3) is 0 Å². The summed E-state index contributed by atoms with van der Waals surface area (Å²) in [4.78, 5) is 16.9. The molecule has 8 nitrogen and oxygen atoms in total. The highest BCUT2D eigenvalue weighted by Gasteiger charge is 2.15. The van der Waals surface area contributed by atoms with Gasteiger partial charge in [0.1, 0.15) is 12.3 Å². The first-order valence-corrected chi connectivity index (χ1v) is 11.7. The molecule has 0 unspecified atom stereocenters.